The molecular formula is C10H10N8O3. The summed E-state index contributed by atoms with van der Waals surface area (Å²) in [5.74, 6) is -0.240. The van der Waals surface area contributed by atoms with Crippen molar-refractivity contribution in [3.8, 4) is 0 Å². The van der Waals surface area contributed by atoms with Crippen molar-refractivity contribution in [1.29, 1.82) is 0 Å². The molecule has 1 amide bonds. The van der Waals surface area contributed by atoms with E-state index in [1.165, 1.54) is 15.5 Å². The number of hydrogen-bond donors (Lipinski definition) is 1. The van der Waals surface area contributed by atoms with Crippen molar-refractivity contribution in [1.82, 2.24) is 34.6 Å². The summed E-state index contributed by atoms with van der Waals surface area (Å²) in [6, 6.07) is -0.118. The molecule has 0 fully saturated rings. The Morgan fingerprint density at radius 3 is 2.90 bits per heavy atom. The van der Waals surface area contributed by atoms with Crippen LogP contribution in [0.1, 0.15) is 23.3 Å². The molecule has 0 saturated heterocycles. The SMILES string of the molecule is CCn1ncn2nc(C(=O)Nc3nnc(C)o3)c(=O)nc12. The molecule has 21 heavy (non-hydrogen) atoms. The molecule has 0 spiro atoms. The Morgan fingerprint density at radius 2 is 2.24 bits per heavy atom. The molecular weight excluding hydrogens is 280 g/mol. The molecule has 0 radical (unpaired) electrons. The summed E-state index contributed by atoms with van der Waals surface area (Å²) in [4.78, 5) is 27.7. The number of aryl methyl sites for hydroxylation is 2. The van der Waals surface area contributed by atoms with Crippen molar-refractivity contribution in [3.05, 3.63) is 28.3 Å². The third-order valence-electron chi connectivity index (χ3n) is 2.61. The standard InChI is InChI=1S/C10H10N8O3/c1-3-17-10-13-8(20)6(16-18(10)4-11-17)7(19)12-9-15-14-5(2)21-9/h4H,3H2,1-2H3,(H,12,15,19). The first kappa shape index (κ1) is 12.9. The van der Waals surface area contributed by atoms with Crippen molar-refractivity contribution in [3.63, 3.8) is 0 Å². The van der Waals surface area contributed by atoms with Crippen molar-refractivity contribution < 1.29 is 9.21 Å². The third-order valence-corrected chi connectivity index (χ3v) is 2.61. The zero-order valence-electron chi connectivity index (χ0n) is 11.1. The normalized spacial score (nSPS) is 11.0. The van der Waals surface area contributed by atoms with Crippen LogP contribution in [0.25, 0.3) is 5.78 Å². The monoisotopic (exact) mass is 290 g/mol. The number of carbonyl (C=O) groups is 1. The molecule has 0 unspecified atom stereocenters. The number of amides is 1. The molecule has 108 valence electrons. The minimum atomic E-state index is -0.783. The molecule has 11 nitrogen and oxygen atoms in total. The van der Waals surface area contributed by atoms with E-state index in [1.807, 2.05) is 6.92 Å². The van der Waals surface area contributed by atoms with Gasteiger partial charge in [-0.15, -0.1) is 5.10 Å². The van der Waals surface area contributed by atoms with E-state index in [1.54, 1.807) is 6.92 Å². The Bertz CT molecular complexity index is 876. The van der Waals surface area contributed by atoms with Gasteiger partial charge in [0.2, 0.25) is 11.6 Å². The Kier molecular flexibility index (Phi) is 2.93. The number of carbonyl (C=O) groups excluding carboxylic acids is 1. The summed E-state index contributed by atoms with van der Waals surface area (Å²) in [5.41, 5.74) is -1.15. The molecule has 3 aromatic heterocycles. The first-order chi connectivity index (χ1) is 10.1. The van der Waals surface area contributed by atoms with Gasteiger partial charge < -0.3 is 4.42 Å². The van der Waals surface area contributed by atoms with Crippen LogP contribution in [0.15, 0.2) is 15.5 Å². The van der Waals surface area contributed by atoms with Gasteiger partial charge in [-0.25, -0.2) is 4.68 Å². The second kappa shape index (κ2) is 4.77. The summed E-state index contributed by atoms with van der Waals surface area (Å²) < 4.78 is 7.73. The Balaban J connectivity index is 1.98. The van der Waals surface area contributed by atoms with Gasteiger partial charge in [-0.05, 0) is 6.92 Å². The fourth-order valence-electron chi connectivity index (χ4n) is 1.68. The van der Waals surface area contributed by atoms with E-state index >= 15 is 0 Å². The molecule has 0 bridgehead atoms. The predicted molar refractivity (Wildman–Crippen MR) is 67.7 cm³/mol. The lowest BCUT2D eigenvalue weighted by molar-refractivity contribution is 0.101. The number of fused-ring (bicyclic) bond motifs is 1. The van der Waals surface area contributed by atoms with E-state index in [9.17, 15) is 9.59 Å². The number of nitrogens with one attached hydrogen (secondary N) is 1. The van der Waals surface area contributed by atoms with Gasteiger partial charge in [0, 0.05) is 13.5 Å². The van der Waals surface area contributed by atoms with E-state index < -0.39 is 11.5 Å². The van der Waals surface area contributed by atoms with Crippen LogP contribution in [-0.4, -0.2) is 40.5 Å². The van der Waals surface area contributed by atoms with Gasteiger partial charge in [-0.3, -0.25) is 14.9 Å². The molecule has 0 atom stereocenters. The molecule has 3 rings (SSSR count). The fourth-order valence-corrected chi connectivity index (χ4v) is 1.68. The van der Waals surface area contributed by atoms with Gasteiger partial charge in [0.1, 0.15) is 6.33 Å². The average Bonchev–Trinajstić information content (AvgIpc) is 3.03. The van der Waals surface area contributed by atoms with Crippen molar-refractivity contribution in [2.24, 2.45) is 0 Å². The number of aromatic nitrogens is 7. The zero-order valence-corrected chi connectivity index (χ0v) is 11.1. The Hall–Kier alpha value is -3.11. The van der Waals surface area contributed by atoms with Crippen molar-refractivity contribution in [2.45, 2.75) is 20.4 Å². The van der Waals surface area contributed by atoms with Gasteiger partial charge in [0.05, 0.1) is 0 Å². The number of anilines is 1. The van der Waals surface area contributed by atoms with E-state index in [2.05, 4.69) is 30.7 Å². The van der Waals surface area contributed by atoms with Crippen LogP contribution < -0.4 is 10.9 Å². The molecule has 0 aliphatic heterocycles. The average molecular weight is 290 g/mol. The molecule has 11 heteroatoms. The number of hydrogen-bond acceptors (Lipinski definition) is 8. The number of rotatable bonds is 3. The second-order valence-corrected chi connectivity index (χ2v) is 4.04. The van der Waals surface area contributed by atoms with Crippen LogP contribution in [0.4, 0.5) is 6.01 Å². The Labute approximate surface area is 116 Å². The second-order valence-electron chi connectivity index (χ2n) is 4.04. The highest BCUT2D eigenvalue weighted by molar-refractivity contribution is 6.01. The maximum Gasteiger partial charge on any atom is 0.322 e. The molecule has 0 aliphatic rings. The van der Waals surface area contributed by atoms with E-state index in [0.29, 0.717) is 6.54 Å². The molecule has 0 aromatic carbocycles. The molecule has 3 aromatic rings. The highest BCUT2D eigenvalue weighted by Crippen LogP contribution is 2.05. The van der Waals surface area contributed by atoms with Crippen LogP contribution in [0, 0.1) is 6.92 Å². The lowest BCUT2D eigenvalue weighted by Crippen LogP contribution is -2.27. The lowest BCUT2D eigenvalue weighted by Gasteiger charge is -2.00. The van der Waals surface area contributed by atoms with Gasteiger partial charge in [-0.1, -0.05) is 5.10 Å². The fraction of sp³-hybridized carbons (Fsp3) is 0.300. The van der Waals surface area contributed by atoms with E-state index in [4.69, 9.17) is 4.42 Å². The maximum atomic E-state index is 12.0. The summed E-state index contributed by atoms with van der Waals surface area (Å²) in [5, 5.41) is 17.3. The summed E-state index contributed by atoms with van der Waals surface area (Å²) in [6.45, 7) is 3.94. The van der Waals surface area contributed by atoms with Crippen LogP contribution in [0.5, 0.6) is 0 Å². The lowest BCUT2D eigenvalue weighted by atomic mass is 10.4. The first-order valence-corrected chi connectivity index (χ1v) is 6.02. The summed E-state index contributed by atoms with van der Waals surface area (Å²) in [7, 11) is 0. The quantitative estimate of drug-likeness (QED) is 0.666. The summed E-state index contributed by atoms with van der Waals surface area (Å²) in [6.07, 6.45) is 1.36. The largest absolute Gasteiger partial charge is 0.408 e. The van der Waals surface area contributed by atoms with Gasteiger partial charge in [0.25, 0.3) is 11.7 Å². The highest BCUT2D eigenvalue weighted by atomic mass is 16.4. The van der Waals surface area contributed by atoms with Crippen molar-refractivity contribution in [2.75, 3.05) is 5.32 Å². The van der Waals surface area contributed by atoms with Crippen LogP contribution in [0.2, 0.25) is 0 Å². The minimum absolute atomic E-state index is 0.118. The van der Waals surface area contributed by atoms with E-state index in [-0.39, 0.29) is 23.4 Å². The number of nitrogens with zero attached hydrogens (tertiary/aromatic N) is 7. The molecule has 1 N–H and O–H groups in total. The minimum Gasteiger partial charge on any atom is -0.408 e. The zero-order chi connectivity index (χ0) is 15.0. The molecule has 0 aliphatic carbocycles. The predicted octanol–water partition coefficient (Wildman–Crippen LogP) is -0.750. The molecule has 0 saturated carbocycles. The maximum absolute atomic E-state index is 12.0. The van der Waals surface area contributed by atoms with Gasteiger partial charge in [0.15, 0.2) is 0 Å². The highest BCUT2D eigenvalue weighted by Gasteiger charge is 2.18. The Morgan fingerprint density at radius 1 is 1.43 bits per heavy atom. The van der Waals surface area contributed by atoms with Gasteiger partial charge >= 0.3 is 11.6 Å². The van der Waals surface area contributed by atoms with Crippen LogP contribution >= 0.6 is 0 Å². The third kappa shape index (κ3) is 2.24. The van der Waals surface area contributed by atoms with Crippen LogP contribution in [-0.2, 0) is 6.54 Å². The molecule has 3 heterocycles. The van der Waals surface area contributed by atoms with Crippen molar-refractivity contribution >= 4 is 17.7 Å². The smallest absolute Gasteiger partial charge is 0.322 e. The van der Waals surface area contributed by atoms with E-state index in [0.717, 1.165) is 0 Å². The first-order valence-electron chi connectivity index (χ1n) is 6.02. The van der Waals surface area contributed by atoms with Gasteiger partial charge in [-0.2, -0.15) is 19.7 Å². The van der Waals surface area contributed by atoms with Crippen LogP contribution in [0.3, 0.4) is 0 Å². The summed E-state index contributed by atoms with van der Waals surface area (Å²) >= 11 is 0. The topological polar surface area (TPSA) is 133 Å².